The second-order valence-electron chi connectivity index (χ2n) is 6.59. The Bertz CT molecular complexity index is 1120. The van der Waals surface area contributed by atoms with Crippen molar-refractivity contribution < 1.29 is 14.6 Å². The van der Waals surface area contributed by atoms with Gasteiger partial charge in [0.05, 0.1) is 0 Å². The summed E-state index contributed by atoms with van der Waals surface area (Å²) in [5.41, 5.74) is 2.90. The van der Waals surface area contributed by atoms with E-state index in [9.17, 15) is 9.90 Å². The Morgan fingerprint density at radius 3 is 1.96 bits per heavy atom. The molecule has 1 N–H and O–H groups in total. The number of ether oxygens (including phenoxy) is 1. The van der Waals surface area contributed by atoms with Gasteiger partial charge in [-0.05, 0) is 28.8 Å². The predicted octanol–water partition coefficient (Wildman–Crippen LogP) is 5.85. The Labute approximate surface area is 157 Å². The molecular formula is C24H20O3. The van der Waals surface area contributed by atoms with E-state index in [2.05, 4.69) is 13.0 Å². The summed E-state index contributed by atoms with van der Waals surface area (Å²) < 4.78 is 5.57. The monoisotopic (exact) mass is 356 g/mol. The lowest BCUT2D eigenvalue weighted by molar-refractivity contribution is -0.131. The average Bonchev–Trinajstić information content (AvgIpc) is 2.69. The molecule has 0 radical (unpaired) electrons. The summed E-state index contributed by atoms with van der Waals surface area (Å²) in [7, 11) is 0. The fraction of sp³-hybridized carbons (Fsp3) is 0.125. The van der Waals surface area contributed by atoms with E-state index < -0.39 is 0 Å². The number of aromatic hydroxyl groups is 1. The van der Waals surface area contributed by atoms with E-state index >= 15 is 0 Å². The molecule has 134 valence electrons. The van der Waals surface area contributed by atoms with Gasteiger partial charge in [-0.25, -0.2) is 0 Å². The SMILES string of the molecule is CCc1ccc(-c2c3ccccc3c(O)c3ccccc23)c(OC(C)=O)c1. The van der Waals surface area contributed by atoms with Gasteiger partial charge in [-0.2, -0.15) is 0 Å². The average molecular weight is 356 g/mol. The van der Waals surface area contributed by atoms with E-state index in [1.54, 1.807) is 0 Å². The van der Waals surface area contributed by atoms with E-state index in [1.165, 1.54) is 6.92 Å². The van der Waals surface area contributed by atoms with E-state index in [4.69, 9.17) is 4.74 Å². The summed E-state index contributed by atoms with van der Waals surface area (Å²) in [4.78, 5) is 11.7. The molecule has 4 aromatic carbocycles. The number of hydrogen-bond donors (Lipinski definition) is 1. The second-order valence-corrected chi connectivity index (χ2v) is 6.59. The maximum absolute atomic E-state index is 11.7. The van der Waals surface area contributed by atoms with Gasteiger partial charge >= 0.3 is 5.97 Å². The predicted molar refractivity (Wildman–Crippen MR) is 109 cm³/mol. The Morgan fingerprint density at radius 1 is 0.889 bits per heavy atom. The lowest BCUT2D eigenvalue weighted by atomic mass is 9.90. The van der Waals surface area contributed by atoms with Gasteiger partial charge in [-0.15, -0.1) is 0 Å². The number of carbonyl (C=O) groups is 1. The quantitative estimate of drug-likeness (QED) is 0.284. The number of benzene rings is 4. The van der Waals surface area contributed by atoms with Crippen LogP contribution in [0.2, 0.25) is 0 Å². The van der Waals surface area contributed by atoms with Gasteiger partial charge in [0, 0.05) is 28.8 Å². The van der Waals surface area contributed by atoms with Crippen molar-refractivity contribution in [2.45, 2.75) is 20.3 Å². The highest BCUT2D eigenvalue weighted by atomic mass is 16.5. The van der Waals surface area contributed by atoms with Crippen molar-refractivity contribution in [2.24, 2.45) is 0 Å². The largest absolute Gasteiger partial charge is 0.507 e. The molecule has 0 heterocycles. The molecule has 0 unspecified atom stereocenters. The van der Waals surface area contributed by atoms with Crippen molar-refractivity contribution in [2.75, 3.05) is 0 Å². The zero-order valence-electron chi connectivity index (χ0n) is 15.3. The van der Waals surface area contributed by atoms with Gasteiger partial charge in [-0.3, -0.25) is 4.79 Å². The fourth-order valence-electron chi connectivity index (χ4n) is 3.63. The standard InChI is InChI=1S/C24H20O3/c1-3-16-12-13-21(22(14-16)27-15(2)25)23-17-8-4-6-10-19(17)24(26)20-11-7-5-9-18(20)23/h4-14,26H,3H2,1-2H3. The van der Waals surface area contributed by atoms with E-state index in [-0.39, 0.29) is 11.7 Å². The topological polar surface area (TPSA) is 46.5 Å². The lowest BCUT2D eigenvalue weighted by Gasteiger charge is -2.17. The maximum atomic E-state index is 11.7. The van der Waals surface area contributed by atoms with Crippen LogP contribution in [0.4, 0.5) is 0 Å². The van der Waals surface area contributed by atoms with Gasteiger partial charge < -0.3 is 9.84 Å². The third-order valence-corrected chi connectivity index (χ3v) is 4.88. The van der Waals surface area contributed by atoms with Crippen LogP contribution in [-0.2, 0) is 11.2 Å². The number of aryl methyl sites for hydroxylation is 1. The van der Waals surface area contributed by atoms with Crippen LogP contribution in [0.25, 0.3) is 32.7 Å². The van der Waals surface area contributed by atoms with E-state index in [0.717, 1.165) is 44.7 Å². The lowest BCUT2D eigenvalue weighted by Crippen LogP contribution is -2.03. The molecule has 0 saturated carbocycles. The molecule has 3 nitrogen and oxygen atoms in total. The number of fused-ring (bicyclic) bond motifs is 2. The maximum Gasteiger partial charge on any atom is 0.308 e. The normalized spacial score (nSPS) is 11.0. The molecule has 0 saturated heterocycles. The molecule has 4 rings (SSSR count). The van der Waals surface area contributed by atoms with Crippen molar-refractivity contribution in [3.05, 3.63) is 72.3 Å². The third-order valence-electron chi connectivity index (χ3n) is 4.88. The van der Waals surface area contributed by atoms with Crippen LogP contribution in [0.15, 0.2) is 66.7 Å². The Balaban J connectivity index is 2.15. The molecule has 0 aromatic heterocycles. The highest BCUT2D eigenvalue weighted by Crippen LogP contribution is 2.45. The van der Waals surface area contributed by atoms with Crippen LogP contribution in [0.3, 0.4) is 0 Å². The van der Waals surface area contributed by atoms with Crippen molar-refractivity contribution in [3.63, 3.8) is 0 Å². The molecule has 27 heavy (non-hydrogen) atoms. The summed E-state index contributed by atoms with van der Waals surface area (Å²) in [6, 6.07) is 21.5. The number of phenols is 1. The minimum atomic E-state index is -0.350. The minimum Gasteiger partial charge on any atom is -0.507 e. The number of phenolic OH excluding ortho intramolecular Hbond substituents is 1. The first-order valence-electron chi connectivity index (χ1n) is 9.04. The second kappa shape index (κ2) is 6.76. The molecule has 0 aliphatic carbocycles. The molecule has 0 spiro atoms. The molecule has 0 bridgehead atoms. The Hall–Kier alpha value is -3.33. The molecule has 3 heteroatoms. The van der Waals surface area contributed by atoms with Crippen LogP contribution in [-0.4, -0.2) is 11.1 Å². The zero-order chi connectivity index (χ0) is 19.0. The molecule has 0 aliphatic rings. The van der Waals surface area contributed by atoms with Crippen LogP contribution in [0.1, 0.15) is 19.4 Å². The van der Waals surface area contributed by atoms with Gasteiger partial charge in [0.15, 0.2) is 0 Å². The van der Waals surface area contributed by atoms with Crippen molar-refractivity contribution >= 4 is 27.5 Å². The highest BCUT2D eigenvalue weighted by molar-refractivity contribution is 6.17. The Kier molecular flexibility index (Phi) is 4.28. The molecule has 0 atom stereocenters. The van der Waals surface area contributed by atoms with Gasteiger partial charge in [0.25, 0.3) is 0 Å². The first-order chi connectivity index (χ1) is 13.1. The van der Waals surface area contributed by atoms with Crippen LogP contribution >= 0.6 is 0 Å². The summed E-state index contributed by atoms with van der Waals surface area (Å²) >= 11 is 0. The van der Waals surface area contributed by atoms with E-state index in [0.29, 0.717) is 5.75 Å². The number of rotatable bonds is 3. The third kappa shape index (κ3) is 2.91. The summed E-state index contributed by atoms with van der Waals surface area (Å²) in [6.07, 6.45) is 0.853. The Morgan fingerprint density at radius 2 is 1.44 bits per heavy atom. The number of carbonyl (C=O) groups excluding carboxylic acids is 1. The smallest absolute Gasteiger partial charge is 0.308 e. The van der Waals surface area contributed by atoms with Crippen LogP contribution in [0.5, 0.6) is 11.5 Å². The summed E-state index contributed by atoms with van der Waals surface area (Å²) in [6.45, 7) is 3.48. The molecule has 0 amide bonds. The van der Waals surface area contributed by atoms with Gasteiger partial charge in [0.1, 0.15) is 11.5 Å². The number of esters is 1. The summed E-state index contributed by atoms with van der Waals surface area (Å²) in [5.74, 6) is 0.462. The minimum absolute atomic E-state index is 0.268. The van der Waals surface area contributed by atoms with Gasteiger partial charge in [0.2, 0.25) is 0 Å². The van der Waals surface area contributed by atoms with Crippen molar-refractivity contribution in [3.8, 4) is 22.6 Å². The van der Waals surface area contributed by atoms with Crippen molar-refractivity contribution in [1.29, 1.82) is 0 Å². The van der Waals surface area contributed by atoms with Crippen LogP contribution in [0, 0.1) is 0 Å². The molecule has 0 aliphatic heterocycles. The summed E-state index contributed by atoms with van der Waals surface area (Å²) in [5, 5.41) is 14.2. The molecular weight excluding hydrogens is 336 g/mol. The molecule has 0 fully saturated rings. The van der Waals surface area contributed by atoms with Gasteiger partial charge in [-0.1, -0.05) is 67.6 Å². The fourth-order valence-corrected chi connectivity index (χ4v) is 3.63. The first kappa shape index (κ1) is 17.1. The van der Waals surface area contributed by atoms with Crippen LogP contribution < -0.4 is 4.74 Å². The number of hydrogen-bond acceptors (Lipinski definition) is 3. The zero-order valence-corrected chi connectivity index (χ0v) is 15.3. The highest BCUT2D eigenvalue weighted by Gasteiger charge is 2.18. The molecule has 4 aromatic rings. The first-order valence-corrected chi connectivity index (χ1v) is 9.04. The van der Waals surface area contributed by atoms with E-state index in [1.807, 2.05) is 60.7 Å². The van der Waals surface area contributed by atoms with Crippen molar-refractivity contribution in [1.82, 2.24) is 0 Å².